The van der Waals surface area contributed by atoms with E-state index in [4.69, 9.17) is 4.43 Å². The average molecular weight is 422 g/mol. The van der Waals surface area contributed by atoms with Crippen LogP contribution in [0.2, 0.25) is 18.1 Å². The van der Waals surface area contributed by atoms with Gasteiger partial charge in [-0.15, -0.1) is 0 Å². The molecule has 27 heavy (non-hydrogen) atoms. The van der Waals surface area contributed by atoms with Crippen molar-refractivity contribution in [3.8, 4) is 0 Å². The Morgan fingerprint density at radius 3 is 2.11 bits per heavy atom. The minimum Gasteiger partial charge on any atom is -0.411 e. The van der Waals surface area contributed by atoms with Gasteiger partial charge in [-0.05, 0) is 56.6 Å². The smallest absolute Gasteiger partial charge is 0.411 e. The summed E-state index contributed by atoms with van der Waals surface area (Å²) in [7, 11) is -3.75. The van der Waals surface area contributed by atoms with Crippen molar-refractivity contribution in [3.63, 3.8) is 0 Å². The molecule has 8 heteroatoms. The second-order valence-corrected chi connectivity index (χ2v) is 15.7. The Morgan fingerprint density at radius 1 is 1.11 bits per heavy atom. The largest absolute Gasteiger partial charge is 0.416 e. The fourth-order valence-electron chi connectivity index (χ4n) is 1.74. The van der Waals surface area contributed by atoms with Crippen molar-refractivity contribution in [2.24, 2.45) is 4.40 Å². The molecule has 1 aromatic rings. The highest BCUT2D eigenvalue weighted by Gasteiger charge is 2.38. The molecular formula is C19H30F3NO2SSi. The number of hydrogen-bond donors (Lipinski definition) is 0. The summed E-state index contributed by atoms with van der Waals surface area (Å²) in [5, 5.41) is -0.0604. The van der Waals surface area contributed by atoms with Crippen LogP contribution in [0.15, 0.2) is 28.7 Å². The van der Waals surface area contributed by atoms with Gasteiger partial charge in [0.1, 0.15) is 11.0 Å². The van der Waals surface area contributed by atoms with Crippen LogP contribution in [-0.4, -0.2) is 29.6 Å². The summed E-state index contributed by atoms with van der Waals surface area (Å²) in [6, 6.07) is 4.92. The summed E-state index contributed by atoms with van der Waals surface area (Å²) < 4.78 is 61.5. The lowest BCUT2D eigenvalue weighted by Gasteiger charge is -2.36. The van der Waals surface area contributed by atoms with E-state index < -0.39 is 35.8 Å². The van der Waals surface area contributed by atoms with Crippen LogP contribution in [0.5, 0.6) is 0 Å². The third-order valence-corrected chi connectivity index (χ3v) is 10.5. The van der Waals surface area contributed by atoms with Gasteiger partial charge < -0.3 is 4.43 Å². The van der Waals surface area contributed by atoms with E-state index in [-0.39, 0.29) is 22.9 Å². The van der Waals surface area contributed by atoms with Crippen LogP contribution in [-0.2, 0) is 21.6 Å². The number of alkyl halides is 3. The molecule has 0 bridgehead atoms. The fraction of sp³-hybridized carbons (Fsp3) is 0.632. The zero-order valence-electron chi connectivity index (χ0n) is 17.3. The maximum Gasteiger partial charge on any atom is 0.416 e. The summed E-state index contributed by atoms with van der Waals surface area (Å²) in [6.45, 7) is 15.7. The zero-order chi connectivity index (χ0) is 21.3. The standard InChI is InChI=1S/C19H30F3NO2SSi/c1-17(2,3)26(24)23-16(13-25-27(7,8)18(4,5)6)14-10-9-11-15(12-14)19(20,21)22/h9-12H,13H2,1-8H3/b23-16-/t26-/m1/s1. The second-order valence-electron chi connectivity index (χ2n) is 9.03. The molecule has 0 radical (unpaired) electrons. The lowest BCUT2D eigenvalue weighted by molar-refractivity contribution is -0.137. The number of rotatable bonds is 5. The van der Waals surface area contributed by atoms with Crippen LogP contribution in [0, 0.1) is 0 Å². The average Bonchev–Trinajstić information content (AvgIpc) is 2.48. The molecule has 0 N–H and O–H groups in total. The van der Waals surface area contributed by atoms with Crippen molar-refractivity contribution in [3.05, 3.63) is 35.4 Å². The maximum atomic E-state index is 13.1. The Morgan fingerprint density at radius 2 is 1.67 bits per heavy atom. The first kappa shape index (κ1) is 24.0. The molecule has 0 aromatic heterocycles. The van der Waals surface area contributed by atoms with Crippen LogP contribution in [0.4, 0.5) is 13.2 Å². The summed E-state index contributed by atoms with van der Waals surface area (Å²) in [4.78, 5) is 0. The highest BCUT2D eigenvalue weighted by atomic mass is 32.2. The van der Waals surface area contributed by atoms with Crippen molar-refractivity contribution < 1.29 is 21.8 Å². The van der Waals surface area contributed by atoms with Gasteiger partial charge in [0, 0.05) is 0 Å². The van der Waals surface area contributed by atoms with Gasteiger partial charge in [-0.2, -0.15) is 17.6 Å². The third kappa shape index (κ3) is 6.83. The fourth-order valence-corrected chi connectivity index (χ4v) is 3.30. The Kier molecular flexibility index (Phi) is 7.27. The van der Waals surface area contributed by atoms with Crippen LogP contribution in [0.3, 0.4) is 0 Å². The predicted molar refractivity (Wildman–Crippen MR) is 109 cm³/mol. The molecule has 0 heterocycles. The van der Waals surface area contributed by atoms with Crippen LogP contribution in [0.25, 0.3) is 0 Å². The van der Waals surface area contributed by atoms with E-state index in [1.54, 1.807) is 26.8 Å². The molecule has 0 spiro atoms. The maximum absolute atomic E-state index is 13.1. The number of halogens is 3. The minimum atomic E-state index is -4.45. The van der Waals surface area contributed by atoms with Crippen LogP contribution < -0.4 is 0 Å². The van der Waals surface area contributed by atoms with Gasteiger partial charge in [0.05, 0.1) is 22.6 Å². The summed E-state index contributed by atoms with van der Waals surface area (Å²) in [6.07, 6.45) is -4.45. The molecule has 0 fully saturated rings. The summed E-state index contributed by atoms with van der Waals surface area (Å²) in [5.74, 6) is 0. The molecule has 0 saturated carbocycles. The van der Waals surface area contributed by atoms with E-state index in [0.717, 1.165) is 12.1 Å². The molecule has 0 aliphatic carbocycles. The van der Waals surface area contributed by atoms with Crippen molar-refractivity contribution in [2.45, 2.75) is 70.6 Å². The molecule has 3 nitrogen and oxygen atoms in total. The van der Waals surface area contributed by atoms with Gasteiger partial charge in [-0.3, -0.25) is 0 Å². The molecule has 0 aliphatic heterocycles. The van der Waals surface area contributed by atoms with E-state index in [1.165, 1.54) is 6.07 Å². The molecule has 1 rings (SSSR count). The zero-order valence-corrected chi connectivity index (χ0v) is 19.1. The summed E-state index contributed by atoms with van der Waals surface area (Å²) >= 11 is 0. The monoisotopic (exact) mass is 421 g/mol. The van der Waals surface area contributed by atoms with E-state index in [9.17, 15) is 17.4 Å². The highest BCUT2D eigenvalue weighted by molar-refractivity contribution is 7.85. The Hall–Kier alpha value is -0.993. The third-order valence-electron chi connectivity index (χ3n) is 4.62. The lowest BCUT2D eigenvalue weighted by atomic mass is 10.1. The predicted octanol–water partition coefficient (Wildman–Crippen LogP) is 5.98. The van der Waals surface area contributed by atoms with Gasteiger partial charge in [0.25, 0.3) is 0 Å². The molecule has 0 unspecified atom stereocenters. The van der Waals surface area contributed by atoms with Gasteiger partial charge in [0.15, 0.2) is 8.32 Å². The van der Waals surface area contributed by atoms with Gasteiger partial charge in [-0.1, -0.05) is 32.9 Å². The van der Waals surface area contributed by atoms with E-state index in [1.807, 2.05) is 0 Å². The topological polar surface area (TPSA) is 38.7 Å². The first-order valence-electron chi connectivity index (χ1n) is 8.76. The highest BCUT2D eigenvalue weighted by Crippen LogP contribution is 2.37. The van der Waals surface area contributed by atoms with Crippen molar-refractivity contribution in [2.75, 3.05) is 6.61 Å². The van der Waals surface area contributed by atoms with Gasteiger partial charge >= 0.3 is 6.18 Å². The molecule has 0 saturated heterocycles. The quantitative estimate of drug-likeness (QED) is 0.433. The van der Waals surface area contributed by atoms with Crippen molar-refractivity contribution in [1.82, 2.24) is 0 Å². The van der Waals surface area contributed by atoms with Crippen LogP contribution >= 0.6 is 0 Å². The Bertz CT molecular complexity index is 717. The second kappa shape index (κ2) is 8.17. The molecule has 0 aliphatic rings. The van der Waals surface area contributed by atoms with E-state index in [0.29, 0.717) is 0 Å². The van der Waals surface area contributed by atoms with E-state index in [2.05, 4.69) is 38.3 Å². The first-order valence-corrected chi connectivity index (χ1v) is 12.8. The van der Waals surface area contributed by atoms with Gasteiger partial charge in [-0.25, -0.2) is 4.21 Å². The SMILES string of the molecule is CC(C)(C)[S@@](=O)/N=C(/CO[Si](C)(C)C(C)(C)C)c1cccc(C(F)(F)F)c1. The van der Waals surface area contributed by atoms with Crippen molar-refractivity contribution in [1.29, 1.82) is 0 Å². The normalized spacial score (nSPS) is 15.7. The molecule has 154 valence electrons. The Balaban J connectivity index is 3.33. The number of hydrogen-bond acceptors (Lipinski definition) is 2. The van der Waals surface area contributed by atoms with Crippen molar-refractivity contribution >= 4 is 25.0 Å². The lowest BCUT2D eigenvalue weighted by Crippen LogP contribution is -2.42. The number of nitrogens with zero attached hydrogens (tertiary/aromatic N) is 1. The molecule has 1 atom stereocenters. The van der Waals surface area contributed by atoms with E-state index >= 15 is 0 Å². The molecular weight excluding hydrogens is 391 g/mol. The van der Waals surface area contributed by atoms with Crippen LogP contribution in [0.1, 0.15) is 52.7 Å². The minimum absolute atomic E-state index is 0.0274. The summed E-state index contributed by atoms with van der Waals surface area (Å²) in [5.41, 5.74) is -0.207. The molecule has 0 amide bonds. The first-order chi connectivity index (χ1) is 11.9. The number of benzene rings is 1. The molecule has 1 aromatic carbocycles. The Labute approximate surface area is 164 Å². The van der Waals surface area contributed by atoms with Gasteiger partial charge in [0.2, 0.25) is 0 Å².